The zero-order valence-electron chi connectivity index (χ0n) is 18.4. The number of hydrogen-bond acceptors (Lipinski definition) is 6. The first kappa shape index (κ1) is 25.6. The highest BCUT2D eigenvalue weighted by molar-refractivity contribution is 9.11. The maximum Gasteiger partial charge on any atom is 0.269 e. The van der Waals surface area contributed by atoms with Gasteiger partial charge < -0.3 is 4.74 Å². The molecular formula is C25H18Br2N2O4S2. The number of halogens is 2. The second kappa shape index (κ2) is 11.0. The van der Waals surface area contributed by atoms with Crippen LogP contribution in [0.3, 0.4) is 0 Å². The van der Waals surface area contributed by atoms with Gasteiger partial charge in [-0.25, -0.2) is 0 Å². The largest absolute Gasteiger partial charge is 0.487 e. The number of thiocarbonyl (C=S) groups is 1. The molecule has 0 N–H and O–H groups in total. The summed E-state index contributed by atoms with van der Waals surface area (Å²) >= 11 is 13.8. The number of aryl methyl sites for hydroxylation is 1. The Morgan fingerprint density at radius 1 is 1.09 bits per heavy atom. The van der Waals surface area contributed by atoms with Gasteiger partial charge in [0, 0.05) is 12.1 Å². The lowest BCUT2D eigenvalue weighted by atomic mass is 10.1. The van der Waals surface area contributed by atoms with Gasteiger partial charge >= 0.3 is 0 Å². The molecule has 1 fully saturated rings. The number of benzene rings is 3. The highest BCUT2D eigenvalue weighted by Crippen LogP contribution is 2.38. The predicted octanol–water partition coefficient (Wildman–Crippen LogP) is 7.41. The van der Waals surface area contributed by atoms with E-state index < -0.39 is 4.92 Å². The van der Waals surface area contributed by atoms with Crippen LogP contribution in [0.1, 0.15) is 22.3 Å². The normalized spacial score (nSPS) is 14.6. The molecule has 1 aliphatic rings. The van der Waals surface area contributed by atoms with Crippen molar-refractivity contribution in [2.45, 2.75) is 20.1 Å². The van der Waals surface area contributed by atoms with Gasteiger partial charge in [0.15, 0.2) is 0 Å². The molecule has 35 heavy (non-hydrogen) atoms. The molecule has 1 aliphatic heterocycles. The second-order valence-electron chi connectivity index (χ2n) is 7.78. The van der Waals surface area contributed by atoms with Crippen LogP contribution in [0.15, 0.2) is 74.5 Å². The predicted molar refractivity (Wildman–Crippen MR) is 149 cm³/mol. The minimum Gasteiger partial charge on any atom is -0.487 e. The van der Waals surface area contributed by atoms with E-state index in [1.165, 1.54) is 23.9 Å². The van der Waals surface area contributed by atoms with E-state index in [1.54, 1.807) is 23.1 Å². The smallest absolute Gasteiger partial charge is 0.269 e. The topological polar surface area (TPSA) is 72.7 Å². The van der Waals surface area contributed by atoms with Crippen LogP contribution in [0, 0.1) is 17.0 Å². The molecule has 4 rings (SSSR count). The maximum atomic E-state index is 13.0. The number of nitro benzene ring substituents is 1. The number of nitro groups is 1. The average molecular weight is 634 g/mol. The Morgan fingerprint density at radius 2 is 1.77 bits per heavy atom. The maximum absolute atomic E-state index is 13.0. The number of hydrogen-bond donors (Lipinski definition) is 0. The van der Waals surface area contributed by atoms with Crippen molar-refractivity contribution < 1.29 is 14.5 Å². The molecule has 0 aliphatic carbocycles. The molecule has 3 aromatic carbocycles. The number of amides is 1. The van der Waals surface area contributed by atoms with Crippen molar-refractivity contribution in [1.29, 1.82) is 0 Å². The van der Waals surface area contributed by atoms with Crippen molar-refractivity contribution in [2.24, 2.45) is 0 Å². The Morgan fingerprint density at radius 3 is 2.43 bits per heavy atom. The van der Waals surface area contributed by atoms with Crippen molar-refractivity contribution in [1.82, 2.24) is 4.90 Å². The summed E-state index contributed by atoms with van der Waals surface area (Å²) in [6.07, 6.45) is 1.80. The van der Waals surface area contributed by atoms with Crippen LogP contribution in [-0.2, 0) is 17.9 Å². The number of thioether (sulfide) groups is 1. The van der Waals surface area contributed by atoms with Gasteiger partial charge in [-0.05, 0) is 73.7 Å². The first-order chi connectivity index (χ1) is 16.7. The quantitative estimate of drug-likeness (QED) is 0.117. The fourth-order valence-corrected chi connectivity index (χ4v) is 6.09. The number of rotatable bonds is 7. The molecule has 0 bridgehead atoms. The molecule has 0 unspecified atom stereocenters. The van der Waals surface area contributed by atoms with Crippen molar-refractivity contribution in [3.8, 4) is 5.75 Å². The van der Waals surface area contributed by atoms with Gasteiger partial charge in [-0.15, -0.1) is 0 Å². The minimum absolute atomic E-state index is 0.0132. The Kier molecular flexibility index (Phi) is 8.05. The Labute approximate surface area is 228 Å². The zero-order chi connectivity index (χ0) is 25.1. The second-order valence-corrected chi connectivity index (χ2v) is 11.2. The molecule has 0 spiro atoms. The third-order valence-electron chi connectivity index (χ3n) is 5.16. The van der Waals surface area contributed by atoms with Crippen LogP contribution in [0.5, 0.6) is 5.75 Å². The summed E-state index contributed by atoms with van der Waals surface area (Å²) in [5, 5.41) is 11.0. The van der Waals surface area contributed by atoms with Crippen LogP contribution in [0.2, 0.25) is 0 Å². The Hall–Kier alpha value is -2.53. The Balaban J connectivity index is 1.49. The molecule has 0 saturated carbocycles. The van der Waals surface area contributed by atoms with Crippen LogP contribution in [-0.4, -0.2) is 20.1 Å². The summed E-state index contributed by atoms with van der Waals surface area (Å²) in [5.41, 5.74) is 3.66. The van der Waals surface area contributed by atoms with E-state index >= 15 is 0 Å². The SMILES string of the molecule is Cc1ccc(CN2C(=O)/C(=C/c3cc(Br)c(OCc4cccc([N+](=O)[O-])c4)c(Br)c3)SC2=S)cc1. The van der Waals surface area contributed by atoms with E-state index in [1.807, 2.05) is 43.3 Å². The lowest BCUT2D eigenvalue weighted by molar-refractivity contribution is -0.384. The number of non-ortho nitro benzene ring substituents is 1. The number of nitrogens with zero attached hydrogens (tertiary/aromatic N) is 2. The standard InChI is InChI=1S/C25H18Br2N2O4S2/c1-15-5-7-16(8-6-15)13-28-24(30)22(35-25(28)34)12-18-10-20(26)23(21(27)11-18)33-14-17-3-2-4-19(9-17)29(31)32/h2-12H,13-14H2,1H3/b22-12-. The van der Waals surface area contributed by atoms with E-state index in [0.29, 0.717) is 36.0 Å². The minimum atomic E-state index is -0.437. The molecular weight excluding hydrogens is 616 g/mol. The van der Waals surface area contributed by atoms with E-state index in [2.05, 4.69) is 31.9 Å². The lowest BCUT2D eigenvalue weighted by Gasteiger charge is -2.14. The number of ether oxygens (including phenoxy) is 1. The molecule has 1 saturated heterocycles. The summed E-state index contributed by atoms with van der Waals surface area (Å²) < 4.78 is 7.79. The Bertz CT molecular complexity index is 1340. The van der Waals surface area contributed by atoms with Crippen LogP contribution in [0.4, 0.5) is 5.69 Å². The van der Waals surface area contributed by atoms with Gasteiger partial charge in [-0.3, -0.25) is 19.8 Å². The van der Waals surface area contributed by atoms with Crippen molar-refractivity contribution in [3.63, 3.8) is 0 Å². The molecule has 3 aromatic rings. The summed E-state index contributed by atoms with van der Waals surface area (Å²) in [6, 6.07) is 18.0. The van der Waals surface area contributed by atoms with Gasteiger partial charge in [-0.1, -0.05) is 65.9 Å². The van der Waals surface area contributed by atoms with Crippen LogP contribution in [0.25, 0.3) is 6.08 Å². The molecule has 178 valence electrons. The van der Waals surface area contributed by atoms with Gasteiger partial charge in [0.25, 0.3) is 11.6 Å². The van der Waals surface area contributed by atoms with E-state index in [-0.39, 0.29) is 18.2 Å². The third kappa shape index (κ3) is 6.19. The molecule has 1 amide bonds. The first-order valence-corrected chi connectivity index (χ1v) is 13.2. The highest BCUT2D eigenvalue weighted by Gasteiger charge is 2.32. The van der Waals surface area contributed by atoms with Crippen LogP contribution < -0.4 is 4.74 Å². The van der Waals surface area contributed by atoms with Crippen molar-refractivity contribution in [3.05, 3.63) is 107 Å². The van der Waals surface area contributed by atoms with E-state index in [9.17, 15) is 14.9 Å². The van der Waals surface area contributed by atoms with Gasteiger partial charge in [0.05, 0.1) is 25.3 Å². The van der Waals surface area contributed by atoms with Gasteiger partial charge in [-0.2, -0.15) is 0 Å². The number of carbonyl (C=O) groups excluding carboxylic acids is 1. The third-order valence-corrected chi connectivity index (χ3v) is 7.71. The summed E-state index contributed by atoms with van der Waals surface area (Å²) in [6.45, 7) is 2.61. The average Bonchev–Trinajstić information content (AvgIpc) is 3.07. The summed E-state index contributed by atoms with van der Waals surface area (Å²) in [7, 11) is 0. The van der Waals surface area contributed by atoms with Gasteiger partial charge in [0.1, 0.15) is 16.7 Å². The summed E-state index contributed by atoms with van der Waals surface area (Å²) in [4.78, 5) is 25.7. The molecule has 0 atom stereocenters. The zero-order valence-corrected chi connectivity index (χ0v) is 23.2. The van der Waals surface area contributed by atoms with Crippen molar-refractivity contribution >= 4 is 77.8 Å². The molecule has 10 heteroatoms. The fraction of sp³-hybridized carbons (Fsp3) is 0.120. The molecule has 6 nitrogen and oxygen atoms in total. The summed E-state index contributed by atoms with van der Waals surface area (Å²) in [5.74, 6) is 0.430. The highest BCUT2D eigenvalue weighted by atomic mass is 79.9. The monoisotopic (exact) mass is 632 g/mol. The van der Waals surface area contributed by atoms with E-state index in [0.717, 1.165) is 16.7 Å². The van der Waals surface area contributed by atoms with E-state index in [4.69, 9.17) is 17.0 Å². The lowest BCUT2D eigenvalue weighted by Crippen LogP contribution is -2.27. The van der Waals surface area contributed by atoms with Gasteiger partial charge in [0.2, 0.25) is 0 Å². The van der Waals surface area contributed by atoms with Crippen LogP contribution >= 0.6 is 55.8 Å². The van der Waals surface area contributed by atoms with Crippen molar-refractivity contribution in [2.75, 3.05) is 0 Å². The fourth-order valence-electron chi connectivity index (χ4n) is 3.38. The first-order valence-electron chi connectivity index (χ1n) is 10.4. The number of carbonyl (C=O) groups is 1. The molecule has 1 heterocycles. The molecule has 0 radical (unpaired) electrons. The molecule has 0 aromatic heterocycles.